The summed E-state index contributed by atoms with van der Waals surface area (Å²) in [4.78, 5) is 30.5. The van der Waals surface area contributed by atoms with Crippen molar-refractivity contribution in [1.29, 1.82) is 0 Å². The van der Waals surface area contributed by atoms with Gasteiger partial charge in [0.05, 0.1) is 20.6 Å². The first-order valence-electron chi connectivity index (χ1n) is 11.2. The number of aliphatic hydroxyl groups excluding tert-OH is 1. The zero-order chi connectivity index (χ0) is 27.2. The molecule has 0 spiro atoms. The largest absolute Gasteiger partial charge is 0.504 e. The zero-order valence-electron chi connectivity index (χ0n) is 20.2. The third kappa shape index (κ3) is 6.44. The van der Waals surface area contributed by atoms with Crippen LogP contribution in [0.1, 0.15) is 26.5 Å². The van der Waals surface area contributed by atoms with Gasteiger partial charge in [0.15, 0.2) is 16.6 Å². The number of nitrogens with one attached hydrogen (secondary N) is 2. The molecule has 0 fully saturated rings. The fraction of sp³-hybridized carbons (Fsp3) is 0.0741. The summed E-state index contributed by atoms with van der Waals surface area (Å²) in [5, 5.41) is 25.8. The van der Waals surface area contributed by atoms with Crippen LogP contribution in [0.15, 0.2) is 88.7 Å². The molecule has 0 aliphatic carbocycles. The first-order valence-corrected chi connectivity index (χ1v) is 12.8. The minimum Gasteiger partial charge on any atom is -0.504 e. The lowest BCUT2D eigenvalue weighted by molar-refractivity contribution is -0.112. The van der Waals surface area contributed by atoms with Crippen molar-refractivity contribution < 1.29 is 14.7 Å². The Morgan fingerprint density at radius 2 is 1.63 bits per heavy atom. The van der Waals surface area contributed by atoms with Crippen LogP contribution in [0, 0.1) is 13.8 Å². The van der Waals surface area contributed by atoms with Crippen LogP contribution in [-0.4, -0.2) is 21.9 Å². The fourth-order valence-electron chi connectivity index (χ4n) is 3.30. The van der Waals surface area contributed by atoms with Gasteiger partial charge < -0.3 is 15.7 Å². The molecule has 4 aromatic rings. The number of aliphatic hydroxyl groups is 1. The average Bonchev–Trinajstić information content (AvgIpc) is 3.27. The maximum Gasteiger partial charge on any atom is 0.295 e. The van der Waals surface area contributed by atoms with Gasteiger partial charge in [0.2, 0.25) is 0 Å². The van der Waals surface area contributed by atoms with Gasteiger partial charge in [-0.1, -0.05) is 70.9 Å². The van der Waals surface area contributed by atoms with E-state index < -0.39 is 23.3 Å². The number of carbonyl (C=O) groups excluding carboxylic acids is 2. The number of nitrogens with zero attached hydrogens (tertiary/aromatic N) is 3. The Morgan fingerprint density at radius 3 is 2.34 bits per heavy atom. The Hall–Kier alpha value is -4.05. The summed E-state index contributed by atoms with van der Waals surface area (Å²) in [7, 11) is 0. The molecule has 11 heteroatoms. The number of aryl methyl sites for hydroxylation is 2. The molecule has 0 aliphatic rings. The topological polar surface area (TPSA) is 116 Å². The molecular weight excluding hydrogens is 545 g/mol. The number of amides is 2. The maximum absolute atomic E-state index is 13.3. The van der Waals surface area contributed by atoms with Crippen molar-refractivity contribution in [2.45, 2.75) is 13.8 Å². The number of halogens is 2. The Kier molecular flexibility index (Phi) is 8.52. The van der Waals surface area contributed by atoms with Crippen LogP contribution in [-0.2, 0) is 4.79 Å². The van der Waals surface area contributed by atoms with Gasteiger partial charge in [0.25, 0.3) is 11.8 Å². The number of hydrogen-bond acceptors (Lipinski definition) is 7. The molecule has 1 aromatic heterocycles. The molecule has 38 heavy (non-hydrogen) atoms. The molecule has 3 N–H and O–H groups in total. The van der Waals surface area contributed by atoms with Gasteiger partial charge in [-0.05, 0) is 55.8 Å². The van der Waals surface area contributed by atoms with Crippen molar-refractivity contribution in [1.82, 2.24) is 4.98 Å². The minimum absolute atomic E-state index is 0.272. The van der Waals surface area contributed by atoms with Crippen molar-refractivity contribution in [3.05, 3.63) is 110 Å². The molecule has 8 nitrogen and oxygen atoms in total. The van der Waals surface area contributed by atoms with Crippen molar-refractivity contribution in [3.8, 4) is 0 Å². The molecule has 0 radical (unpaired) electrons. The second-order valence-electron chi connectivity index (χ2n) is 8.02. The number of hydrogen-bond donors (Lipinski definition) is 3. The van der Waals surface area contributed by atoms with Gasteiger partial charge in [0.1, 0.15) is 0 Å². The molecule has 3 aromatic carbocycles. The van der Waals surface area contributed by atoms with Crippen LogP contribution in [0.5, 0.6) is 0 Å². The summed E-state index contributed by atoms with van der Waals surface area (Å²) in [5.41, 5.74) is 2.24. The molecule has 0 saturated heterocycles. The van der Waals surface area contributed by atoms with E-state index in [1.54, 1.807) is 67.6 Å². The van der Waals surface area contributed by atoms with E-state index in [9.17, 15) is 14.7 Å². The second-order valence-corrected chi connectivity index (χ2v) is 9.84. The van der Waals surface area contributed by atoms with Crippen LogP contribution < -0.4 is 10.6 Å². The molecule has 0 atom stereocenters. The van der Waals surface area contributed by atoms with Gasteiger partial charge in [-0.25, -0.2) is 4.98 Å². The summed E-state index contributed by atoms with van der Waals surface area (Å²) >= 11 is 13.2. The molecule has 2 amide bonds. The van der Waals surface area contributed by atoms with Crippen LogP contribution in [0.4, 0.5) is 16.5 Å². The average molecular weight is 566 g/mol. The SMILES string of the molecule is Cc1ccccc1NC(=O)/C(N=NC(=O)c1ccccc1)=C(\O)c1sc(Nc2ccc(Cl)c(Cl)c2)nc1C. The predicted molar refractivity (Wildman–Crippen MR) is 152 cm³/mol. The number of para-hydroxylation sites is 1. The smallest absolute Gasteiger partial charge is 0.295 e. The highest BCUT2D eigenvalue weighted by atomic mass is 35.5. The van der Waals surface area contributed by atoms with Crippen molar-refractivity contribution >= 4 is 68.6 Å². The Bertz CT molecular complexity index is 1570. The molecule has 0 saturated carbocycles. The van der Waals surface area contributed by atoms with Gasteiger partial charge in [-0.3, -0.25) is 9.59 Å². The van der Waals surface area contributed by atoms with Crippen LogP contribution >= 0.6 is 34.5 Å². The molecule has 0 bridgehead atoms. The van der Waals surface area contributed by atoms with Gasteiger partial charge in [0, 0.05) is 16.9 Å². The molecule has 0 unspecified atom stereocenters. The zero-order valence-corrected chi connectivity index (χ0v) is 22.5. The lowest BCUT2D eigenvalue weighted by atomic mass is 10.2. The first-order chi connectivity index (χ1) is 18.2. The van der Waals surface area contributed by atoms with E-state index in [1.807, 2.05) is 19.1 Å². The standard InChI is InChI=1S/C27H21Cl2N5O3S/c1-15-8-6-7-11-21(15)32-26(37)22(33-34-25(36)17-9-4-3-5-10-17)23(35)24-16(2)30-27(38-24)31-18-12-13-19(28)20(29)14-18/h3-14,35H,1-2H3,(H,30,31)(H,32,37)/b23-22+,34-33?. The highest BCUT2D eigenvalue weighted by Gasteiger charge is 2.22. The summed E-state index contributed by atoms with van der Waals surface area (Å²) in [6.45, 7) is 3.50. The second kappa shape index (κ2) is 12.0. The van der Waals surface area contributed by atoms with E-state index in [4.69, 9.17) is 23.2 Å². The number of aromatic nitrogens is 1. The van der Waals surface area contributed by atoms with Gasteiger partial charge in [-0.15, -0.1) is 10.2 Å². The number of rotatable bonds is 7. The normalized spacial score (nSPS) is 11.8. The lowest BCUT2D eigenvalue weighted by Gasteiger charge is -2.09. The Labute approximate surface area is 232 Å². The minimum atomic E-state index is -0.742. The summed E-state index contributed by atoms with van der Waals surface area (Å²) in [6.07, 6.45) is 0. The predicted octanol–water partition coefficient (Wildman–Crippen LogP) is 7.97. The number of carbonyl (C=O) groups is 2. The summed E-state index contributed by atoms with van der Waals surface area (Å²) < 4.78 is 0. The molecule has 0 aliphatic heterocycles. The van der Waals surface area contributed by atoms with Crippen molar-refractivity contribution in [2.24, 2.45) is 10.2 Å². The highest BCUT2D eigenvalue weighted by Crippen LogP contribution is 2.33. The van der Waals surface area contributed by atoms with Crippen LogP contribution in [0.2, 0.25) is 10.0 Å². The summed E-state index contributed by atoms with van der Waals surface area (Å²) in [6, 6.07) is 20.4. The number of benzene rings is 3. The van der Waals surface area contributed by atoms with Gasteiger partial charge >= 0.3 is 0 Å². The van der Waals surface area contributed by atoms with E-state index in [2.05, 4.69) is 25.8 Å². The molecule has 4 rings (SSSR count). The Morgan fingerprint density at radius 1 is 0.921 bits per heavy atom. The number of anilines is 3. The Balaban J connectivity index is 1.70. The van der Waals surface area contributed by atoms with Crippen LogP contribution in [0.25, 0.3) is 5.76 Å². The fourth-order valence-corrected chi connectivity index (χ4v) is 4.53. The first kappa shape index (κ1) is 27.0. The lowest BCUT2D eigenvalue weighted by Crippen LogP contribution is -2.16. The van der Waals surface area contributed by atoms with E-state index in [0.29, 0.717) is 32.2 Å². The van der Waals surface area contributed by atoms with Crippen LogP contribution in [0.3, 0.4) is 0 Å². The molecule has 192 valence electrons. The number of thiazole rings is 1. The summed E-state index contributed by atoms with van der Waals surface area (Å²) in [5.74, 6) is -1.88. The monoisotopic (exact) mass is 565 g/mol. The molecular formula is C27H21Cl2N5O3S. The van der Waals surface area contributed by atoms with E-state index >= 15 is 0 Å². The van der Waals surface area contributed by atoms with E-state index in [-0.39, 0.29) is 10.4 Å². The van der Waals surface area contributed by atoms with Gasteiger partial charge in [-0.2, -0.15) is 0 Å². The van der Waals surface area contributed by atoms with E-state index in [1.165, 1.54) is 0 Å². The third-order valence-corrected chi connectivity index (χ3v) is 7.10. The van der Waals surface area contributed by atoms with Crippen molar-refractivity contribution in [3.63, 3.8) is 0 Å². The quantitative estimate of drug-likeness (QED) is 0.119. The number of azo groups is 1. The van der Waals surface area contributed by atoms with E-state index in [0.717, 1.165) is 16.9 Å². The van der Waals surface area contributed by atoms with Crippen molar-refractivity contribution in [2.75, 3.05) is 10.6 Å². The maximum atomic E-state index is 13.3. The third-order valence-electron chi connectivity index (χ3n) is 5.28. The molecule has 1 heterocycles. The highest BCUT2D eigenvalue weighted by molar-refractivity contribution is 7.16.